The van der Waals surface area contributed by atoms with Crippen LogP contribution in [0.5, 0.6) is 0 Å². The molecule has 0 bridgehead atoms. The minimum absolute atomic E-state index is 0.00935. The molecule has 1 amide bonds. The second kappa shape index (κ2) is 6.77. The van der Waals surface area contributed by atoms with Crippen molar-refractivity contribution in [2.24, 2.45) is 11.8 Å². The van der Waals surface area contributed by atoms with Gasteiger partial charge < -0.3 is 15.5 Å². The summed E-state index contributed by atoms with van der Waals surface area (Å²) < 4.78 is 37.5. The monoisotopic (exact) mass is 311 g/mol. The lowest BCUT2D eigenvalue weighted by Crippen LogP contribution is -2.45. The van der Waals surface area contributed by atoms with Gasteiger partial charge in [-0.3, -0.25) is 9.59 Å². The Morgan fingerprint density at radius 3 is 2.00 bits per heavy atom. The van der Waals surface area contributed by atoms with Gasteiger partial charge in [0.05, 0.1) is 12.3 Å². The van der Waals surface area contributed by atoms with Gasteiger partial charge in [0.25, 0.3) is 0 Å². The maximum Gasteiger partial charge on any atom is 0.391 e. The molecule has 1 rings (SSSR count). The van der Waals surface area contributed by atoms with E-state index in [9.17, 15) is 27.6 Å². The van der Waals surface area contributed by atoms with E-state index in [1.165, 1.54) is 0 Å². The third-order valence-electron chi connectivity index (χ3n) is 3.55. The highest BCUT2D eigenvalue weighted by Crippen LogP contribution is 2.39. The third kappa shape index (κ3) is 5.24. The number of carboxylic acids is 2. The largest absolute Gasteiger partial charge is 0.481 e. The molecule has 0 spiro atoms. The number of carbonyl (C=O) groups is 3. The molecule has 0 aromatic heterocycles. The first-order valence-corrected chi connectivity index (χ1v) is 6.43. The van der Waals surface area contributed by atoms with Gasteiger partial charge >= 0.3 is 18.1 Å². The third-order valence-corrected chi connectivity index (χ3v) is 3.55. The molecule has 0 aromatic carbocycles. The van der Waals surface area contributed by atoms with Gasteiger partial charge in [0.2, 0.25) is 5.91 Å². The van der Waals surface area contributed by atoms with E-state index in [1.54, 1.807) is 0 Å². The molecule has 0 radical (unpaired) electrons. The molecule has 0 aliphatic heterocycles. The fourth-order valence-corrected chi connectivity index (χ4v) is 2.35. The lowest BCUT2D eigenvalue weighted by molar-refractivity contribution is -0.184. The summed E-state index contributed by atoms with van der Waals surface area (Å²) in [7, 11) is 0. The highest BCUT2D eigenvalue weighted by atomic mass is 19.4. The molecule has 1 aliphatic carbocycles. The van der Waals surface area contributed by atoms with Crippen molar-refractivity contribution >= 4 is 17.8 Å². The normalized spacial score (nSPS) is 24.1. The summed E-state index contributed by atoms with van der Waals surface area (Å²) in [6, 6.07) is -1.57. The van der Waals surface area contributed by atoms with Gasteiger partial charge in [0.1, 0.15) is 6.04 Å². The molecular weight excluding hydrogens is 295 g/mol. The summed E-state index contributed by atoms with van der Waals surface area (Å²) in [5.41, 5.74) is 0. The molecule has 1 saturated carbocycles. The fraction of sp³-hybridized carbons (Fsp3) is 0.750. The maximum absolute atomic E-state index is 12.5. The zero-order valence-electron chi connectivity index (χ0n) is 11.0. The SMILES string of the molecule is O=C(O)CC(NC(=O)C1CCC(C(F)(F)F)CC1)C(=O)O. The summed E-state index contributed by atoms with van der Waals surface area (Å²) in [4.78, 5) is 33.1. The van der Waals surface area contributed by atoms with Crippen LogP contribution in [0.1, 0.15) is 32.1 Å². The molecule has 120 valence electrons. The second-order valence-corrected chi connectivity index (χ2v) is 5.09. The number of aliphatic carboxylic acids is 2. The second-order valence-electron chi connectivity index (χ2n) is 5.09. The molecule has 21 heavy (non-hydrogen) atoms. The summed E-state index contributed by atoms with van der Waals surface area (Å²) in [6.07, 6.45) is -5.41. The number of hydrogen-bond acceptors (Lipinski definition) is 3. The average Bonchev–Trinajstić information content (AvgIpc) is 2.36. The minimum atomic E-state index is -4.28. The van der Waals surface area contributed by atoms with Gasteiger partial charge in [-0.15, -0.1) is 0 Å². The first-order valence-electron chi connectivity index (χ1n) is 6.43. The molecule has 1 fully saturated rings. The summed E-state index contributed by atoms with van der Waals surface area (Å²) in [5, 5.41) is 19.4. The standard InChI is InChI=1S/C12H16F3NO5/c13-12(14,15)7-3-1-6(2-4-7)10(19)16-8(11(20)21)5-9(17)18/h6-8H,1-5H2,(H,16,19)(H,17,18)(H,20,21). The molecule has 1 unspecified atom stereocenters. The zero-order valence-corrected chi connectivity index (χ0v) is 11.0. The van der Waals surface area contributed by atoms with E-state index in [4.69, 9.17) is 10.2 Å². The van der Waals surface area contributed by atoms with E-state index < -0.39 is 48.3 Å². The van der Waals surface area contributed by atoms with Crippen molar-refractivity contribution in [2.45, 2.75) is 44.3 Å². The Labute approximate surface area is 118 Å². The number of halogens is 3. The van der Waals surface area contributed by atoms with Crippen LogP contribution in [0.3, 0.4) is 0 Å². The van der Waals surface area contributed by atoms with E-state index in [-0.39, 0.29) is 25.7 Å². The number of amides is 1. The Balaban J connectivity index is 2.53. The van der Waals surface area contributed by atoms with Crippen molar-refractivity contribution in [3.63, 3.8) is 0 Å². The van der Waals surface area contributed by atoms with Crippen LogP contribution in [-0.4, -0.2) is 40.3 Å². The van der Waals surface area contributed by atoms with Crippen molar-refractivity contribution < 1.29 is 37.8 Å². The number of nitrogens with one attached hydrogen (secondary N) is 1. The lowest BCUT2D eigenvalue weighted by atomic mass is 9.81. The van der Waals surface area contributed by atoms with Gasteiger partial charge in [-0.1, -0.05) is 0 Å². The Hall–Kier alpha value is -1.80. The minimum Gasteiger partial charge on any atom is -0.481 e. The number of alkyl halides is 3. The maximum atomic E-state index is 12.5. The highest BCUT2D eigenvalue weighted by molar-refractivity contribution is 5.87. The van der Waals surface area contributed by atoms with E-state index in [2.05, 4.69) is 5.32 Å². The highest BCUT2D eigenvalue weighted by Gasteiger charge is 2.42. The van der Waals surface area contributed by atoms with Crippen LogP contribution >= 0.6 is 0 Å². The molecule has 1 aliphatic rings. The number of rotatable bonds is 5. The smallest absolute Gasteiger partial charge is 0.391 e. The fourth-order valence-electron chi connectivity index (χ4n) is 2.35. The molecular formula is C12H16F3NO5. The van der Waals surface area contributed by atoms with E-state index in [0.717, 1.165) is 0 Å². The predicted octanol–water partition coefficient (Wildman–Crippen LogP) is 1.40. The van der Waals surface area contributed by atoms with Crippen LogP contribution in [0.25, 0.3) is 0 Å². The first kappa shape index (κ1) is 17.3. The van der Waals surface area contributed by atoms with Gasteiger partial charge in [-0.05, 0) is 25.7 Å². The van der Waals surface area contributed by atoms with Crippen molar-refractivity contribution in [3.8, 4) is 0 Å². The number of carboxylic acid groups (broad SMARTS) is 2. The molecule has 0 aromatic rings. The predicted molar refractivity (Wildman–Crippen MR) is 63.3 cm³/mol. The van der Waals surface area contributed by atoms with Gasteiger partial charge in [0.15, 0.2) is 0 Å². The Kier molecular flexibility index (Phi) is 5.56. The topological polar surface area (TPSA) is 104 Å². The van der Waals surface area contributed by atoms with Crippen LogP contribution in [0, 0.1) is 11.8 Å². The number of carbonyl (C=O) groups excluding carboxylic acids is 1. The first-order chi connectivity index (χ1) is 9.61. The Morgan fingerprint density at radius 1 is 1.10 bits per heavy atom. The van der Waals surface area contributed by atoms with Crippen LogP contribution < -0.4 is 5.32 Å². The van der Waals surface area contributed by atoms with Crippen LogP contribution in [0.2, 0.25) is 0 Å². The zero-order chi connectivity index (χ0) is 16.2. The van der Waals surface area contributed by atoms with Crippen molar-refractivity contribution in [1.29, 1.82) is 0 Å². The van der Waals surface area contributed by atoms with Crippen molar-refractivity contribution in [2.75, 3.05) is 0 Å². The van der Waals surface area contributed by atoms with E-state index in [0.29, 0.717) is 0 Å². The molecule has 3 N–H and O–H groups in total. The molecule has 6 nitrogen and oxygen atoms in total. The van der Waals surface area contributed by atoms with E-state index in [1.807, 2.05) is 0 Å². The number of hydrogen-bond donors (Lipinski definition) is 3. The Bertz CT molecular complexity index is 416. The quantitative estimate of drug-likeness (QED) is 0.712. The summed E-state index contributed by atoms with van der Waals surface area (Å²) in [6.45, 7) is 0. The van der Waals surface area contributed by atoms with Gasteiger partial charge in [0, 0.05) is 5.92 Å². The van der Waals surface area contributed by atoms with Crippen LogP contribution in [-0.2, 0) is 14.4 Å². The van der Waals surface area contributed by atoms with Gasteiger partial charge in [-0.25, -0.2) is 4.79 Å². The van der Waals surface area contributed by atoms with Crippen molar-refractivity contribution in [1.82, 2.24) is 5.32 Å². The van der Waals surface area contributed by atoms with Crippen LogP contribution in [0.15, 0.2) is 0 Å². The lowest BCUT2D eigenvalue weighted by Gasteiger charge is -2.29. The molecule has 0 saturated heterocycles. The molecule has 9 heteroatoms. The average molecular weight is 311 g/mol. The summed E-state index contributed by atoms with van der Waals surface area (Å²) in [5.74, 6) is -5.72. The molecule has 0 heterocycles. The van der Waals surface area contributed by atoms with Crippen LogP contribution in [0.4, 0.5) is 13.2 Å². The summed E-state index contributed by atoms with van der Waals surface area (Å²) >= 11 is 0. The molecule has 1 atom stereocenters. The van der Waals surface area contributed by atoms with Gasteiger partial charge in [-0.2, -0.15) is 13.2 Å². The van der Waals surface area contributed by atoms with E-state index >= 15 is 0 Å². The van der Waals surface area contributed by atoms with Crippen molar-refractivity contribution in [3.05, 3.63) is 0 Å². The Morgan fingerprint density at radius 2 is 1.62 bits per heavy atom.